The molecule has 0 aromatic heterocycles. The van der Waals surface area contributed by atoms with Gasteiger partial charge in [-0.05, 0) is 55.0 Å². The maximum Gasteiger partial charge on any atom is 0.344 e. The monoisotopic (exact) mass is 357 g/mol. The molecular formula is C20H23NO5. The van der Waals surface area contributed by atoms with Gasteiger partial charge < -0.3 is 19.5 Å². The molecule has 6 heteroatoms. The van der Waals surface area contributed by atoms with Crippen LogP contribution in [-0.2, 0) is 9.53 Å². The zero-order chi connectivity index (χ0) is 18.8. The number of unbranched alkanes of at least 4 members (excludes halogenated alkanes) is 1. The van der Waals surface area contributed by atoms with Crippen molar-refractivity contribution in [3.63, 3.8) is 0 Å². The molecule has 2 rings (SSSR count). The van der Waals surface area contributed by atoms with Crippen molar-refractivity contribution in [1.29, 1.82) is 0 Å². The molecule has 0 saturated carbocycles. The highest BCUT2D eigenvalue weighted by Crippen LogP contribution is 2.17. The molecule has 0 heterocycles. The number of ether oxygens (including phenoxy) is 3. The van der Waals surface area contributed by atoms with E-state index in [0.29, 0.717) is 23.6 Å². The Morgan fingerprint density at radius 1 is 0.962 bits per heavy atom. The number of hydrogen-bond acceptors (Lipinski definition) is 5. The van der Waals surface area contributed by atoms with Crippen molar-refractivity contribution >= 4 is 17.6 Å². The molecule has 0 unspecified atom stereocenters. The largest absolute Gasteiger partial charge is 0.497 e. The molecule has 0 radical (unpaired) electrons. The quantitative estimate of drug-likeness (QED) is 0.547. The molecule has 26 heavy (non-hydrogen) atoms. The summed E-state index contributed by atoms with van der Waals surface area (Å²) >= 11 is 0. The first-order chi connectivity index (χ1) is 12.6. The van der Waals surface area contributed by atoms with Crippen molar-refractivity contribution in [2.24, 2.45) is 0 Å². The lowest BCUT2D eigenvalue weighted by atomic mass is 10.2. The standard InChI is InChI=1S/C20H23NO5/c1-3-4-13-25-19(22)14-26-18-9-5-15(6-10-18)20(23)21-16-7-11-17(24-2)12-8-16/h5-12H,3-4,13-14H2,1-2H3,(H,21,23). The van der Waals surface area contributed by atoms with Crippen LogP contribution in [0.25, 0.3) is 0 Å². The molecule has 0 bridgehead atoms. The van der Waals surface area contributed by atoms with Crippen molar-refractivity contribution < 1.29 is 23.8 Å². The van der Waals surface area contributed by atoms with Crippen LogP contribution < -0.4 is 14.8 Å². The summed E-state index contributed by atoms with van der Waals surface area (Å²) in [4.78, 5) is 23.7. The smallest absolute Gasteiger partial charge is 0.344 e. The van der Waals surface area contributed by atoms with Gasteiger partial charge >= 0.3 is 5.97 Å². The summed E-state index contributed by atoms with van der Waals surface area (Å²) in [6.07, 6.45) is 1.80. The number of amides is 1. The van der Waals surface area contributed by atoms with Crippen molar-refractivity contribution in [2.75, 3.05) is 25.6 Å². The fourth-order valence-corrected chi connectivity index (χ4v) is 2.09. The minimum atomic E-state index is -0.403. The Hall–Kier alpha value is -3.02. The van der Waals surface area contributed by atoms with Gasteiger partial charge in [-0.25, -0.2) is 4.79 Å². The van der Waals surface area contributed by atoms with E-state index >= 15 is 0 Å². The lowest BCUT2D eigenvalue weighted by Crippen LogP contribution is -2.15. The molecular weight excluding hydrogens is 334 g/mol. The normalized spacial score (nSPS) is 10.1. The van der Waals surface area contributed by atoms with Gasteiger partial charge in [0.25, 0.3) is 5.91 Å². The summed E-state index contributed by atoms with van der Waals surface area (Å²) < 4.78 is 15.4. The first-order valence-electron chi connectivity index (χ1n) is 8.46. The van der Waals surface area contributed by atoms with E-state index < -0.39 is 5.97 Å². The Morgan fingerprint density at radius 3 is 2.23 bits per heavy atom. The van der Waals surface area contributed by atoms with Crippen LogP contribution >= 0.6 is 0 Å². The molecule has 0 aliphatic rings. The predicted octanol–water partition coefficient (Wildman–Crippen LogP) is 3.67. The van der Waals surface area contributed by atoms with Gasteiger partial charge in [-0.3, -0.25) is 4.79 Å². The number of hydrogen-bond donors (Lipinski definition) is 1. The predicted molar refractivity (Wildman–Crippen MR) is 98.8 cm³/mol. The van der Waals surface area contributed by atoms with Crippen LogP contribution in [0.15, 0.2) is 48.5 Å². The third kappa shape index (κ3) is 6.12. The average Bonchev–Trinajstić information content (AvgIpc) is 2.67. The maximum atomic E-state index is 12.2. The van der Waals surface area contributed by atoms with Crippen LogP contribution in [0.3, 0.4) is 0 Å². The van der Waals surface area contributed by atoms with Crippen molar-refractivity contribution in [3.8, 4) is 11.5 Å². The van der Waals surface area contributed by atoms with E-state index in [1.165, 1.54) is 0 Å². The molecule has 138 valence electrons. The average molecular weight is 357 g/mol. The van der Waals surface area contributed by atoms with E-state index in [1.54, 1.807) is 55.6 Å². The van der Waals surface area contributed by atoms with Gasteiger partial charge in [0.15, 0.2) is 6.61 Å². The molecule has 6 nitrogen and oxygen atoms in total. The molecule has 0 fully saturated rings. The maximum absolute atomic E-state index is 12.2. The van der Waals surface area contributed by atoms with Crippen LogP contribution in [0.4, 0.5) is 5.69 Å². The fourth-order valence-electron chi connectivity index (χ4n) is 2.09. The Morgan fingerprint density at radius 2 is 1.62 bits per heavy atom. The Bertz CT molecular complexity index is 710. The highest BCUT2D eigenvalue weighted by Gasteiger charge is 2.08. The highest BCUT2D eigenvalue weighted by molar-refractivity contribution is 6.04. The minimum absolute atomic E-state index is 0.152. The lowest BCUT2D eigenvalue weighted by molar-refractivity contribution is -0.146. The van der Waals surface area contributed by atoms with Crippen LogP contribution in [0.5, 0.6) is 11.5 Å². The summed E-state index contributed by atoms with van der Waals surface area (Å²) in [5, 5.41) is 2.80. The summed E-state index contributed by atoms with van der Waals surface area (Å²) in [5.74, 6) is 0.580. The zero-order valence-electron chi connectivity index (χ0n) is 15.0. The van der Waals surface area contributed by atoms with Crippen LogP contribution in [0.1, 0.15) is 30.1 Å². The number of carbonyl (C=O) groups excluding carboxylic acids is 2. The number of methoxy groups -OCH3 is 1. The summed E-state index contributed by atoms with van der Waals surface area (Å²) in [5.41, 5.74) is 1.16. The van der Waals surface area contributed by atoms with E-state index in [2.05, 4.69) is 5.32 Å². The Kier molecular flexibility index (Phi) is 7.49. The van der Waals surface area contributed by atoms with Gasteiger partial charge in [-0.1, -0.05) is 13.3 Å². The SMILES string of the molecule is CCCCOC(=O)COc1ccc(C(=O)Nc2ccc(OC)cc2)cc1. The van der Waals surface area contributed by atoms with Crippen LogP contribution in [-0.4, -0.2) is 32.2 Å². The van der Waals surface area contributed by atoms with Crippen LogP contribution in [0, 0.1) is 0 Å². The number of carbonyl (C=O) groups is 2. The number of rotatable bonds is 9. The van der Waals surface area contributed by atoms with E-state index in [4.69, 9.17) is 14.2 Å². The third-order valence-corrected chi connectivity index (χ3v) is 3.58. The van der Waals surface area contributed by atoms with Gasteiger partial charge in [0.05, 0.1) is 13.7 Å². The Balaban J connectivity index is 1.83. The molecule has 0 aliphatic carbocycles. The third-order valence-electron chi connectivity index (χ3n) is 3.58. The van der Waals surface area contributed by atoms with Crippen molar-refractivity contribution in [2.45, 2.75) is 19.8 Å². The van der Waals surface area contributed by atoms with E-state index in [1.807, 2.05) is 6.92 Å². The number of anilines is 1. The van der Waals surface area contributed by atoms with E-state index in [9.17, 15) is 9.59 Å². The first-order valence-corrected chi connectivity index (χ1v) is 8.46. The van der Waals surface area contributed by atoms with Gasteiger partial charge in [0, 0.05) is 11.3 Å². The van der Waals surface area contributed by atoms with E-state index in [0.717, 1.165) is 18.6 Å². The molecule has 1 amide bonds. The van der Waals surface area contributed by atoms with Gasteiger partial charge in [0.2, 0.25) is 0 Å². The topological polar surface area (TPSA) is 73.9 Å². The molecule has 2 aromatic rings. The fraction of sp³-hybridized carbons (Fsp3) is 0.300. The highest BCUT2D eigenvalue weighted by atomic mass is 16.6. The minimum Gasteiger partial charge on any atom is -0.497 e. The molecule has 1 N–H and O–H groups in total. The molecule has 2 aromatic carbocycles. The van der Waals surface area contributed by atoms with Gasteiger partial charge in [-0.2, -0.15) is 0 Å². The summed E-state index contributed by atoms with van der Waals surface area (Å²) in [6, 6.07) is 13.6. The molecule has 0 atom stereocenters. The van der Waals surface area contributed by atoms with Gasteiger partial charge in [-0.15, -0.1) is 0 Å². The molecule has 0 spiro atoms. The first kappa shape index (κ1) is 19.3. The molecule has 0 aliphatic heterocycles. The second-order valence-corrected chi connectivity index (χ2v) is 5.57. The molecule has 0 saturated heterocycles. The number of nitrogens with one attached hydrogen (secondary N) is 1. The number of esters is 1. The summed E-state index contributed by atoms with van der Waals surface area (Å²) in [6.45, 7) is 2.28. The van der Waals surface area contributed by atoms with Gasteiger partial charge in [0.1, 0.15) is 11.5 Å². The number of benzene rings is 2. The van der Waals surface area contributed by atoms with Crippen molar-refractivity contribution in [1.82, 2.24) is 0 Å². The van der Waals surface area contributed by atoms with Crippen molar-refractivity contribution in [3.05, 3.63) is 54.1 Å². The second kappa shape index (κ2) is 10.1. The van der Waals surface area contributed by atoms with E-state index in [-0.39, 0.29) is 12.5 Å². The van der Waals surface area contributed by atoms with Crippen LogP contribution in [0.2, 0.25) is 0 Å². The second-order valence-electron chi connectivity index (χ2n) is 5.57. The Labute approximate surface area is 153 Å². The summed E-state index contributed by atoms with van der Waals surface area (Å²) in [7, 11) is 1.59. The lowest BCUT2D eigenvalue weighted by Gasteiger charge is -2.08. The zero-order valence-corrected chi connectivity index (χ0v) is 15.0.